The molecular weight excluding hydrogens is 531 g/mol. The van der Waals surface area contributed by atoms with E-state index in [2.05, 4.69) is 52.4 Å². The van der Waals surface area contributed by atoms with Gasteiger partial charge in [0.15, 0.2) is 17.5 Å². The second-order valence-corrected chi connectivity index (χ2v) is 8.29. The number of aromatic hydroxyl groups is 1. The Bertz CT molecular complexity index is 912. The summed E-state index contributed by atoms with van der Waals surface area (Å²) in [5.41, 5.74) is 2.18. The highest BCUT2D eigenvalue weighted by Gasteiger charge is 2.41. The number of ether oxygens (including phenoxy) is 2. The zero-order valence-electron chi connectivity index (χ0n) is 19.4. The predicted octanol–water partition coefficient (Wildman–Crippen LogP) is 3.11. The number of methoxy groups -OCH3 is 1. The minimum Gasteiger partial charge on any atom is -0.504 e. The first-order valence-corrected chi connectivity index (χ1v) is 11.5. The minimum atomic E-state index is 0. The van der Waals surface area contributed by atoms with Crippen LogP contribution in [-0.4, -0.2) is 79.5 Å². The van der Waals surface area contributed by atoms with Crippen LogP contribution in [0.3, 0.4) is 0 Å². The van der Waals surface area contributed by atoms with Crippen LogP contribution in [0.15, 0.2) is 53.5 Å². The van der Waals surface area contributed by atoms with E-state index in [-0.39, 0.29) is 35.8 Å². The number of rotatable bonds is 7. The van der Waals surface area contributed by atoms with Gasteiger partial charge in [0.2, 0.25) is 0 Å². The Hall–Kier alpha value is -2.04. The number of likely N-dealkylation sites (tertiary alicyclic amines) is 1. The maximum Gasteiger partial charge on any atom is 0.194 e. The van der Waals surface area contributed by atoms with Gasteiger partial charge in [-0.15, -0.1) is 24.0 Å². The molecule has 2 fully saturated rings. The Balaban J connectivity index is 0.00000306. The summed E-state index contributed by atoms with van der Waals surface area (Å²) in [4.78, 5) is 9.72. The topological polar surface area (TPSA) is 69.6 Å². The van der Waals surface area contributed by atoms with Gasteiger partial charge < -0.3 is 24.8 Å². The van der Waals surface area contributed by atoms with E-state index in [0.717, 1.165) is 50.9 Å². The summed E-state index contributed by atoms with van der Waals surface area (Å²) in [6.45, 7) is 7.89. The molecule has 0 aromatic heterocycles. The lowest BCUT2D eigenvalue weighted by atomic mass is 10.1. The molecule has 2 heterocycles. The van der Waals surface area contributed by atoms with Crippen LogP contribution in [-0.2, 0) is 17.7 Å². The van der Waals surface area contributed by atoms with Crippen molar-refractivity contribution in [2.24, 2.45) is 4.99 Å². The summed E-state index contributed by atoms with van der Waals surface area (Å²) in [5.74, 6) is 1.61. The van der Waals surface area contributed by atoms with Crippen molar-refractivity contribution < 1.29 is 14.6 Å². The number of nitrogens with one attached hydrogen (secondary N) is 1. The number of halogens is 1. The molecule has 2 aliphatic heterocycles. The summed E-state index contributed by atoms with van der Waals surface area (Å²) in [6.07, 6.45) is 0.841. The van der Waals surface area contributed by atoms with Crippen molar-refractivity contribution in [2.45, 2.75) is 32.0 Å². The molecule has 2 atom stereocenters. The summed E-state index contributed by atoms with van der Waals surface area (Å²) < 4.78 is 11.3. The minimum absolute atomic E-state index is 0. The zero-order valence-corrected chi connectivity index (χ0v) is 21.8. The predicted molar refractivity (Wildman–Crippen MR) is 142 cm³/mol. The summed E-state index contributed by atoms with van der Waals surface area (Å²) in [6, 6.07) is 16.6. The van der Waals surface area contributed by atoms with Crippen LogP contribution in [0.2, 0.25) is 0 Å². The third-order valence-corrected chi connectivity index (χ3v) is 6.22. The third-order valence-electron chi connectivity index (χ3n) is 6.22. The fraction of sp³-hybridized carbons (Fsp3) is 0.480. The third kappa shape index (κ3) is 6.30. The molecule has 180 valence electrons. The Morgan fingerprint density at radius 2 is 2.00 bits per heavy atom. The first kappa shape index (κ1) is 25.6. The molecule has 2 aliphatic rings. The van der Waals surface area contributed by atoms with Crippen molar-refractivity contribution in [3.05, 3.63) is 59.7 Å². The molecule has 0 amide bonds. The van der Waals surface area contributed by atoms with Crippen molar-refractivity contribution >= 4 is 29.9 Å². The fourth-order valence-corrected chi connectivity index (χ4v) is 4.59. The molecule has 33 heavy (non-hydrogen) atoms. The number of hydrogen-bond donors (Lipinski definition) is 2. The SMILES string of the molecule is CCNC(=NCCc1cccc(OC)c1O)N1CC2OCCN(Cc3ccccc3)C2C1.I. The highest BCUT2D eigenvalue weighted by Crippen LogP contribution is 2.29. The van der Waals surface area contributed by atoms with Crippen LogP contribution < -0.4 is 10.1 Å². The highest BCUT2D eigenvalue weighted by atomic mass is 127. The Labute approximate surface area is 213 Å². The number of guanidine groups is 1. The van der Waals surface area contributed by atoms with Gasteiger partial charge in [0.25, 0.3) is 0 Å². The molecule has 0 bridgehead atoms. The van der Waals surface area contributed by atoms with Crippen molar-refractivity contribution in [1.82, 2.24) is 15.1 Å². The average Bonchev–Trinajstić information content (AvgIpc) is 3.26. The molecule has 0 aliphatic carbocycles. The smallest absolute Gasteiger partial charge is 0.194 e. The van der Waals surface area contributed by atoms with E-state index in [1.54, 1.807) is 13.2 Å². The van der Waals surface area contributed by atoms with Gasteiger partial charge in [-0.05, 0) is 30.5 Å². The zero-order chi connectivity index (χ0) is 22.3. The summed E-state index contributed by atoms with van der Waals surface area (Å²) >= 11 is 0. The van der Waals surface area contributed by atoms with E-state index >= 15 is 0 Å². The van der Waals surface area contributed by atoms with E-state index in [1.165, 1.54) is 5.56 Å². The average molecular weight is 566 g/mol. The quantitative estimate of drug-likeness (QED) is 0.305. The molecule has 8 heteroatoms. The van der Waals surface area contributed by atoms with E-state index < -0.39 is 0 Å². The molecule has 2 aromatic carbocycles. The number of fused-ring (bicyclic) bond motifs is 1. The van der Waals surface area contributed by atoms with Gasteiger partial charge in [-0.3, -0.25) is 9.89 Å². The van der Waals surface area contributed by atoms with Crippen molar-refractivity contribution in [3.63, 3.8) is 0 Å². The molecule has 2 saturated heterocycles. The molecule has 7 nitrogen and oxygen atoms in total. The largest absolute Gasteiger partial charge is 0.504 e. The normalized spacial score (nSPS) is 20.8. The Kier molecular flexibility index (Phi) is 9.64. The van der Waals surface area contributed by atoms with Crippen molar-refractivity contribution in [2.75, 3.05) is 46.4 Å². The lowest BCUT2D eigenvalue weighted by Gasteiger charge is -2.36. The molecular formula is C25H35IN4O3. The molecule has 2 aromatic rings. The molecule has 0 spiro atoms. The first-order valence-electron chi connectivity index (χ1n) is 11.5. The molecule has 4 rings (SSSR count). The number of hydrogen-bond acceptors (Lipinski definition) is 5. The van der Waals surface area contributed by atoms with Crippen LogP contribution >= 0.6 is 24.0 Å². The molecule has 2 N–H and O–H groups in total. The number of aliphatic imine (C=N–C) groups is 1. The number of phenols is 1. The second kappa shape index (κ2) is 12.4. The lowest BCUT2D eigenvalue weighted by Crippen LogP contribution is -2.50. The van der Waals surface area contributed by atoms with Gasteiger partial charge in [-0.2, -0.15) is 0 Å². The van der Waals surface area contributed by atoms with Gasteiger partial charge >= 0.3 is 0 Å². The van der Waals surface area contributed by atoms with Crippen LogP contribution in [0.25, 0.3) is 0 Å². The molecule has 0 radical (unpaired) electrons. The Morgan fingerprint density at radius 3 is 2.76 bits per heavy atom. The van der Waals surface area contributed by atoms with Crippen molar-refractivity contribution in [1.29, 1.82) is 0 Å². The lowest BCUT2D eigenvalue weighted by molar-refractivity contribution is -0.0502. The fourth-order valence-electron chi connectivity index (χ4n) is 4.59. The summed E-state index contributed by atoms with van der Waals surface area (Å²) in [7, 11) is 1.57. The van der Waals surface area contributed by atoms with Crippen LogP contribution in [0.5, 0.6) is 11.5 Å². The number of phenolic OH excluding ortho intramolecular Hbond substituents is 1. The first-order chi connectivity index (χ1) is 15.7. The van der Waals surface area contributed by atoms with E-state index in [4.69, 9.17) is 14.5 Å². The van der Waals surface area contributed by atoms with Crippen molar-refractivity contribution in [3.8, 4) is 11.5 Å². The van der Waals surface area contributed by atoms with E-state index in [9.17, 15) is 5.11 Å². The molecule has 0 saturated carbocycles. The van der Waals surface area contributed by atoms with Crippen LogP contribution in [0.1, 0.15) is 18.1 Å². The van der Waals surface area contributed by atoms with Crippen LogP contribution in [0.4, 0.5) is 0 Å². The Morgan fingerprint density at radius 1 is 1.18 bits per heavy atom. The number of morpholine rings is 1. The maximum absolute atomic E-state index is 10.3. The van der Waals surface area contributed by atoms with E-state index in [0.29, 0.717) is 24.8 Å². The summed E-state index contributed by atoms with van der Waals surface area (Å²) in [5, 5.41) is 13.8. The number of benzene rings is 2. The maximum atomic E-state index is 10.3. The van der Waals surface area contributed by atoms with E-state index in [1.807, 2.05) is 12.1 Å². The number of nitrogens with zero attached hydrogens (tertiary/aromatic N) is 3. The van der Waals surface area contributed by atoms with Gasteiger partial charge in [-0.25, -0.2) is 0 Å². The number of para-hydroxylation sites is 1. The monoisotopic (exact) mass is 566 g/mol. The van der Waals surface area contributed by atoms with Gasteiger partial charge in [0.1, 0.15) is 0 Å². The van der Waals surface area contributed by atoms with Gasteiger partial charge in [0, 0.05) is 39.3 Å². The van der Waals surface area contributed by atoms with Gasteiger partial charge in [0.05, 0.1) is 25.9 Å². The molecule has 2 unspecified atom stereocenters. The van der Waals surface area contributed by atoms with Gasteiger partial charge in [-0.1, -0.05) is 42.5 Å². The highest BCUT2D eigenvalue weighted by molar-refractivity contribution is 14.0. The second-order valence-electron chi connectivity index (χ2n) is 8.29. The van der Waals surface area contributed by atoms with Crippen LogP contribution in [0, 0.1) is 0 Å². The standard InChI is InChI=1S/C25H34N4O3.HI/c1-3-26-25(27-13-12-20-10-7-11-22(31-2)24(20)30)29-17-21-23(18-29)32-15-14-28(21)16-19-8-5-4-6-9-19;/h4-11,21,23,30H,3,12-18H2,1-2H3,(H,26,27);1H.